The van der Waals surface area contributed by atoms with Crippen LogP contribution in [0, 0.1) is 13.8 Å². The van der Waals surface area contributed by atoms with Gasteiger partial charge in [0.1, 0.15) is 5.76 Å². The fraction of sp³-hybridized carbons (Fsp3) is 0.409. The summed E-state index contributed by atoms with van der Waals surface area (Å²) in [7, 11) is 0. The lowest BCUT2D eigenvalue weighted by atomic mass is 10.0. The highest BCUT2D eigenvalue weighted by molar-refractivity contribution is 5.79. The molecule has 1 amide bonds. The van der Waals surface area contributed by atoms with Gasteiger partial charge in [-0.2, -0.15) is 5.10 Å². The Bertz CT molecular complexity index is 1020. The van der Waals surface area contributed by atoms with Gasteiger partial charge >= 0.3 is 0 Å². The number of hydrogen-bond donors (Lipinski definition) is 0. The molecule has 2 aromatic heterocycles. The van der Waals surface area contributed by atoms with Crippen LogP contribution in [0.4, 0.5) is 0 Å². The van der Waals surface area contributed by atoms with E-state index in [0.29, 0.717) is 25.4 Å². The maximum Gasteiger partial charge on any atom is 0.247 e. The summed E-state index contributed by atoms with van der Waals surface area (Å²) in [5, 5.41) is 4.79. The predicted molar refractivity (Wildman–Crippen MR) is 107 cm³/mol. The highest BCUT2D eigenvalue weighted by Gasteiger charge is 2.30. The Morgan fingerprint density at radius 2 is 2.04 bits per heavy atom. The van der Waals surface area contributed by atoms with Crippen molar-refractivity contribution in [1.29, 1.82) is 0 Å². The zero-order valence-electron chi connectivity index (χ0n) is 16.9. The van der Waals surface area contributed by atoms with Crippen LogP contribution in [0.3, 0.4) is 0 Å². The lowest BCUT2D eigenvalue weighted by molar-refractivity contribution is -0.131. The van der Waals surface area contributed by atoms with E-state index in [9.17, 15) is 4.79 Å². The minimum Gasteiger partial charge on any atom is -0.440 e. The molecule has 28 heavy (non-hydrogen) atoms. The molecule has 0 saturated heterocycles. The maximum absolute atomic E-state index is 13.0. The van der Waals surface area contributed by atoms with E-state index >= 15 is 0 Å². The second kappa shape index (κ2) is 7.26. The molecule has 0 unspecified atom stereocenters. The quantitative estimate of drug-likeness (QED) is 0.691. The topological polar surface area (TPSA) is 64.2 Å². The first-order valence-electron chi connectivity index (χ1n) is 9.79. The first-order chi connectivity index (χ1) is 13.4. The number of rotatable bonds is 4. The molecule has 6 nitrogen and oxygen atoms in total. The number of nitrogens with zero attached hydrogens (tertiary/aromatic N) is 4. The SMILES string of the molecule is Cc1cnc(-c2nn(C(C)C)c3c2CN(C(=O)Cc2ccccc2C)CC3)o1. The summed E-state index contributed by atoms with van der Waals surface area (Å²) in [5.74, 6) is 1.43. The molecule has 0 fully saturated rings. The Balaban J connectivity index is 1.64. The molecule has 0 radical (unpaired) electrons. The molecule has 0 spiro atoms. The number of carbonyl (C=O) groups excluding carboxylic acids is 1. The highest BCUT2D eigenvalue weighted by Crippen LogP contribution is 2.31. The van der Waals surface area contributed by atoms with Gasteiger partial charge in [-0.1, -0.05) is 24.3 Å². The average molecular weight is 378 g/mol. The number of fused-ring (bicyclic) bond motifs is 1. The third kappa shape index (κ3) is 3.35. The van der Waals surface area contributed by atoms with E-state index in [0.717, 1.165) is 34.6 Å². The maximum atomic E-state index is 13.0. The Hall–Kier alpha value is -2.89. The summed E-state index contributed by atoms with van der Waals surface area (Å²) in [4.78, 5) is 19.3. The van der Waals surface area contributed by atoms with Gasteiger partial charge in [0.05, 0.1) is 12.6 Å². The lowest BCUT2D eigenvalue weighted by Gasteiger charge is -2.28. The van der Waals surface area contributed by atoms with Crippen LogP contribution < -0.4 is 0 Å². The van der Waals surface area contributed by atoms with Crippen molar-refractivity contribution in [1.82, 2.24) is 19.7 Å². The number of oxazole rings is 1. The predicted octanol–water partition coefficient (Wildman–Crippen LogP) is 3.86. The zero-order valence-corrected chi connectivity index (χ0v) is 16.9. The molecule has 1 aromatic carbocycles. The van der Waals surface area contributed by atoms with Gasteiger partial charge in [-0.15, -0.1) is 0 Å². The van der Waals surface area contributed by atoms with E-state index in [1.54, 1.807) is 6.20 Å². The van der Waals surface area contributed by atoms with Crippen molar-refractivity contribution in [2.45, 2.75) is 53.1 Å². The minimum atomic E-state index is 0.145. The summed E-state index contributed by atoms with van der Waals surface area (Å²) in [6.07, 6.45) is 2.92. The Kier molecular flexibility index (Phi) is 4.79. The van der Waals surface area contributed by atoms with E-state index in [4.69, 9.17) is 9.52 Å². The number of amides is 1. The Morgan fingerprint density at radius 1 is 1.25 bits per heavy atom. The minimum absolute atomic E-state index is 0.145. The molecule has 1 aliphatic rings. The van der Waals surface area contributed by atoms with Crippen LogP contribution >= 0.6 is 0 Å². The number of aryl methyl sites for hydroxylation is 2. The zero-order chi connectivity index (χ0) is 19.8. The van der Waals surface area contributed by atoms with Gasteiger partial charge in [-0.05, 0) is 38.8 Å². The summed E-state index contributed by atoms with van der Waals surface area (Å²) >= 11 is 0. The second-order valence-electron chi connectivity index (χ2n) is 7.76. The molecule has 146 valence electrons. The van der Waals surface area contributed by atoms with E-state index in [-0.39, 0.29) is 11.9 Å². The third-order valence-corrected chi connectivity index (χ3v) is 5.35. The number of hydrogen-bond acceptors (Lipinski definition) is 4. The monoisotopic (exact) mass is 378 g/mol. The van der Waals surface area contributed by atoms with Crippen molar-refractivity contribution >= 4 is 5.91 Å². The van der Waals surface area contributed by atoms with Crippen LogP contribution in [0.15, 0.2) is 34.9 Å². The standard InChI is InChI=1S/C22H26N4O2/c1-14(2)26-19-9-10-25(20(27)11-17-8-6-5-7-15(17)3)13-18(19)21(24-26)22-23-12-16(4)28-22/h5-8,12,14H,9-11,13H2,1-4H3. The third-order valence-electron chi connectivity index (χ3n) is 5.35. The van der Waals surface area contributed by atoms with Crippen molar-refractivity contribution in [3.05, 3.63) is 58.6 Å². The molecule has 4 rings (SSSR count). The van der Waals surface area contributed by atoms with Gasteiger partial charge in [0.2, 0.25) is 11.8 Å². The van der Waals surface area contributed by atoms with Gasteiger partial charge in [0.15, 0.2) is 5.69 Å². The molecule has 1 aliphatic heterocycles. The average Bonchev–Trinajstić information content (AvgIpc) is 3.26. The molecule has 0 atom stereocenters. The molecule has 3 heterocycles. The number of aromatic nitrogens is 3. The number of benzene rings is 1. The number of carbonyl (C=O) groups is 1. The summed E-state index contributed by atoms with van der Waals surface area (Å²) in [6, 6.07) is 8.31. The van der Waals surface area contributed by atoms with Crippen molar-refractivity contribution < 1.29 is 9.21 Å². The van der Waals surface area contributed by atoms with Gasteiger partial charge in [0.25, 0.3) is 0 Å². The second-order valence-corrected chi connectivity index (χ2v) is 7.76. The summed E-state index contributed by atoms with van der Waals surface area (Å²) in [6.45, 7) is 9.41. The van der Waals surface area contributed by atoms with E-state index in [2.05, 4.69) is 18.8 Å². The van der Waals surface area contributed by atoms with Crippen LogP contribution in [-0.2, 0) is 24.2 Å². The van der Waals surface area contributed by atoms with Gasteiger partial charge < -0.3 is 9.32 Å². The van der Waals surface area contributed by atoms with Crippen LogP contribution in [0.1, 0.15) is 48.0 Å². The molecule has 0 saturated carbocycles. The summed E-state index contributed by atoms with van der Waals surface area (Å²) in [5.41, 5.74) is 5.22. The molecule has 6 heteroatoms. The van der Waals surface area contributed by atoms with Crippen molar-refractivity contribution in [3.63, 3.8) is 0 Å². The molecular formula is C22H26N4O2. The van der Waals surface area contributed by atoms with E-state index in [1.807, 2.05) is 47.7 Å². The van der Waals surface area contributed by atoms with Crippen LogP contribution in [-0.4, -0.2) is 32.1 Å². The van der Waals surface area contributed by atoms with Gasteiger partial charge in [-0.25, -0.2) is 4.98 Å². The Morgan fingerprint density at radius 3 is 2.71 bits per heavy atom. The fourth-order valence-electron chi connectivity index (χ4n) is 3.80. The molecule has 0 bridgehead atoms. The highest BCUT2D eigenvalue weighted by atomic mass is 16.4. The van der Waals surface area contributed by atoms with Gasteiger partial charge in [-0.3, -0.25) is 9.48 Å². The molecular weight excluding hydrogens is 352 g/mol. The molecule has 0 N–H and O–H groups in total. The summed E-state index contributed by atoms with van der Waals surface area (Å²) < 4.78 is 7.79. The Labute approximate surface area is 165 Å². The normalized spacial score (nSPS) is 13.8. The lowest BCUT2D eigenvalue weighted by Crippen LogP contribution is -2.37. The largest absolute Gasteiger partial charge is 0.440 e. The van der Waals surface area contributed by atoms with E-state index in [1.165, 1.54) is 5.69 Å². The van der Waals surface area contributed by atoms with Crippen molar-refractivity contribution in [2.24, 2.45) is 0 Å². The van der Waals surface area contributed by atoms with Crippen LogP contribution in [0.25, 0.3) is 11.6 Å². The molecule has 3 aromatic rings. The first-order valence-corrected chi connectivity index (χ1v) is 9.79. The van der Waals surface area contributed by atoms with Crippen molar-refractivity contribution in [3.8, 4) is 11.6 Å². The molecule has 0 aliphatic carbocycles. The smallest absolute Gasteiger partial charge is 0.247 e. The van der Waals surface area contributed by atoms with Crippen LogP contribution in [0.2, 0.25) is 0 Å². The van der Waals surface area contributed by atoms with Crippen molar-refractivity contribution in [2.75, 3.05) is 6.54 Å². The first kappa shape index (κ1) is 18.5. The van der Waals surface area contributed by atoms with Gasteiger partial charge in [0, 0.05) is 36.8 Å². The van der Waals surface area contributed by atoms with Crippen LogP contribution in [0.5, 0.6) is 0 Å². The fourth-order valence-corrected chi connectivity index (χ4v) is 3.80. The van der Waals surface area contributed by atoms with E-state index < -0.39 is 0 Å².